The molecule has 1 N–H and O–H groups in total. The number of nitrogens with zero attached hydrogens (tertiary/aromatic N) is 1. The Balaban J connectivity index is 1.60. The van der Waals surface area contributed by atoms with Crippen LogP contribution < -0.4 is 10.1 Å². The van der Waals surface area contributed by atoms with Crippen molar-refractivity contribution in [2.75, 3.05) is 18.2 Å². The van der Waals surface area contributed by atoms with Gasteiger partial charge >= 0.3 is 0 Å². The van der Waals surface area contributed by atoms with Crippen LogP contribution in [0.3, 0.4) is 0 Å². The molecule has 0 fully saturated rings. The topological polar surface area (TPSA) is 51.2 Å². The summed E-state index contributed by atoms with van der Waals surface area (Å²) in [6.07, 6.45) is 4.25. The van der Waals surface area contributed by atoms with Gasteiger partial charge in [0.15, 0.2) is 0 Å². The number of carbonyl (C=O) groups is 1. The highest BCUT2D eigenvalue weighted by molar-refractivity contribution is 8.00. The summed E-state index contributed by atoms with van der Waals surface area (Å²) in [7, 11) is 1.56. The summed E-state index contributed by atoms with van der Waals surface area (Å²) in [4.78, 5) is 18.6. The highest BCUT2D eigenvalue weighted by atomic mass is 35.5. The normalized spacial score (nSPS) is 13.2. The third kappa shape index (κ3) is 4.47. The summed E-state index contributed by atoms with van der Waals surface area (Å²) in [6, 6.07) is 10.9. The van der Waals surface area contributed by atoms with Crippen LogP contribution in [0.25, 0.3) is 10.9 Å². The van der Waals surface area contributed by atoms with Crippen molar-refractivity contribution in [1.29, 1.82) is 0 Å². The average molecular weight is 447 g/mol. The monoisotopic (exact) mass is 446 g/mol. The van der Waals surface area contributed by atoms with Gasteiger partial charge in [0.1, 0.15) is 5.75 Å². The number of carbonyl (C=O) groups excluding carboxylic acids is 1. The Morgan fingerprint density at radius 3 is 2.72 bits per heavy atom. The van der Waals surface area contributed by atoms with E-state index < -0.39 is 0 Å². The van der Waals surface area contributed by atoms with Crippen molar-refractivity contribution in [1.82, 2.24) is 4.98 Å². The molecule has 150 valence electrons. The maximum absolute atomic E-state index is 12.7. The highest BCUT2D eigenvalue weighted by Crippen LogP contribution is 2.37. The van der Waals surface area contributed by atoms with Gasteiger partial charge in [-0.2, -0.15) is 0 Å². The van der Waals surface area contributed by atoms with Crippen LogP contribution in [0.4, 0.5) is 5.69 Å². The van der Waals surface area contributed by atoms with Crippen LogP contribution in [0.1, 0.15) is 24.1 Å². The zero-order valence-electron chi connectivity index (χ0n) is 15.9. The van der Waals surface area contributed by atoms with Crippen LogP contribution >= 0.6 is 35.0 Å². The molecule has 2 aromatic carbocycles. The summed E-state index contributed by atoms with van der Waals surface area (Å²) in [5.74, 6) is 0.728. The third-order valence-electron chi connectivity index (χ3n) is 4.95. The van der Waals surface area contributed by atoms with E-state index >= 15 is 0 Å². The van der Waals surface area contributed by atoms with Gasteiger partial charge in [-0.15, -0.1) is 11.8 Å². The smallest absolute Gasteiger partial charge is 0.234 e. The van der Waals surface area contributed by atoms with E-state index in [9.17, 15) is 4.79 Å². The van der Waals surface area contributed by atoms with Gasteiger partial charge in [0.05, 0.1) is 24.1 Å². The molecular weight excluding hydrogens is 427 g/mol. The molecular formula is C22H20Cl2N2O2S. The molecule has 29 heavy (non-hydrogen) atoms. The number of aromatic nitrogens is 1. The van der Waals surface area contributed by atoms with Gasteiger partial charge in [-0.3, -0.25) is 9.78 Å². The zero-order valence-corrected chi connectivity index (χ0v) is 18.3. The second kappa shape index (κ2) is 8.82. The Bertz CT molecular complexity index is 1090. The van der Waals surface area contributed by atoms with E-state index in [2.05, 4.69) is 5.32 Å². The number of hydrogen-bond donors (Lipinski definition) is 1. The number of fused-ring (bicyclic) bond motifs is 2. The molecule has 0 radical (unpaired) electrons. The van der Waals surface area contributed by atoms with Gasteiger partial charge in [0.25, 0.3) is 0 Å². The molecule has 0 saturated heterocycles. The Hall–Kier alpha value is -1.95. The number of methoxy groups -OCH3 is 1. The van der Waals surface area contributed by atoms with E-state index in [0.717, 1.165) is 47.2 Å². The minimum atomic E-state index is -0.118. The number of anilines is 1. The SMILES string of the molecule is COc1ccc(Cl)cc1NC(=O)CSc1c2c(nc3ccc(Cl)cc13)CCCC2. The van der Waals surface area contributed by atoms with Gasteiger partial charge in [-0.25, -0.2) is 0 Å². The lowest BCUT2D eigenvalue weighted by molar-refractivity contribution is -0.113. The summed E-state index contributed by atoms with van der Waals surface area (Å²) < 4.78 is 5.31. The molecule has 0 saturated carbocycles. The Morgan fingerprint density at radius 1 is 1.14 bits per heavy atom. The molecule has 0 bridgehead atoms. The first-order valence-electron chi connectivity index (χ1n) is 9.42. The van der Waals surface area contributed by atoms with Gasteiger partial charge in [0, 0.05) is 26.0 Å². The Labute approximate surface area is 183 Å². The molecule has 0 aliphatic heterocycles. The number of amides is 1. The van der Waals surface area contributed by atoms with E-state index in [4.69, 9.17) is 32.9 Å². The molecule has 1 aliphatic carbocycles. The van der Waals surface area contributed by atoms with Crippen molar-refractivity contribution in [2.24, 2.45) is 0 Å². The van der Waals surface area contributed by atoms with E-state index in [1.54, 1.807) is 25.3 Å². The van der Waals surface area contributed by atoms with Gasteiger partial charge in [-0.05, 0) is 67.6 Å². The second-order valence-electron chi connectivity index (χ2n) is 6.92. The molecule has 1 heterocycles. The van der Waals surface area contributed by atoms with Crippen LogP contribution in [0.2, 0.25) is 10.0 Å². The van der Waals surface area contributed by atoms with Crippen molar-refractivity contribution >= 4 is 57.5 Å². The van der Waals surface area contributed by atoms with Crippen molar-refractivity contribution < 1.29 is 9.53 Å². The van der Waals surface area contributed by atoms with E-state index in [0.29, 0.717) is 21.5 Å². The number of ether oxygens (including phenoxy) is 1. The molecule has 3 aromatic rings. The van der Waals surface area contributed by atoms with Crippen molar-refractivity contribution in [3.63, 3.8) is 0 Å². The van der Waals surface area contributed by atoms with Crippen molar-refractivity contribution in [2.45, 2.75) is 30.6 Å². The summed E-state index contributed by atoms with van der Waals surface area (Å²) in [6.45, 7) is 0. The van der Waals surface area contributed by atoms with Crippen LogP contribution in [-0.2, 0) is 17.6 Å². The first-order valence-corrected chi connectivity index (χ1v) is 11.2. The second-order valence-corrected chi connectivity index (χ2v) is 8.77. The molecule has 1 aromatic heterocycles. The quantitative estimate of drug-likeness (QED) is 0.476. The predicted molar refractivity (Wildman–Crippen MR) is 121 cm³/mol. The predicted octanol–water partition coefficient (Wildman–Crippen LogP) is 6.16. The average Bonchev–Trinajstić information content (AvgIpc) is 2.71. The maximum atomic E-state index is 12.7. The first-order chi connectivity index (χ1) is 14.0. The van der Waals surface area contributed by atoms with Gasteiger partial charge in [-0.1, -0.05) is 23.2 Å². The molecule has 7 heteroatoms. The third-order valence-corrected chi connectivity index (χ3v) is 6.59. The van der Waals surface area contributed by atoms with Crippen molar-refractivity contribution in [3.8, 4) is 5.75 Å². The molecule has 4 nitrogen and oxygen atoms in total. The lowest BCUT2D eigenvalue weighted by Crippen LogP contribution is -2.15. The van der Waals surface area contributed by atoms with Crippen LogP contribution in [-0.4, -0.2) is 23.8 Å². The molecule has 1 amide bonds. The minimum Gasteiger partial charge on any atom is -0.495 e. The lowest BCUT2D eigenvalue weighted by Gasteiger charge is -2.20. The molecule has 0 atom stereocenters. The maximum Gasteiger partial charge on any atom is 0.234 e. The fourth-order valence-corrected chi connectivity index (χ4v) is 5.02. The standard InChI is InChI=1S/C22H20Cl2N2O2S/c1-28-20-9-7-14(24)11-19(20)26-21(27)12-29-22-15-4-2-3-5-17(15)25-18-8-6-13(23)10-16(18)22/h6-11H,2-5,12H2,1H3,(H,26,27). The summed E-state index contributed by atoms with van der Waals surface area (Å²) >= 11 is 13.8. The number of rotatable bonds is 5. The first kappa shape index (κ1) is 20.3. The number of nitrogens with one attached hydrogen (secondary N) is 1. The van der Waals surface area contributed by atoms with E-state index in [1.165, 1.54) is 17.3 Å². The zero-order chi connectivity index (χ0) is 20.4. The molecule has 0 unspecified atom stereocenters. The molecule has 0 spiro atoms. The number of halogens is 2. The number of hydrogen-bond acceptors (Lipinski definition) is 4. The van der Waals surface area contributed by atoms with Crippen LogP contribution in [0.15, 0.2) is 41.3 Å². The fourth-order valence-electron chi connectivity index (χ4n) is 3.62. The number of benzene rings is 2. The summed E-state index contributed by atoms with van der Waals surface area (Å²) in [5, 5.41) is 5.12. The van der Waals surface area contributed by atoms with E-state index in [1.807, 2.05) is 18.2 Å². The highest BCUT2D eigenvalue weighted by Gasteiger charge is 2.20. The van der Waals surface area contributed by atoms with Crippen LogP contribution in [0.5, 0.6) is 5.75 Å². The van der Waals surface area contributed by atoms with E-state index in [-0.39, 0.29) is 11.7 Å². The number of thioether (sulfide) groups is 1. The molecule has 4 rings (SSSR count). The van der Waals surface area contributed by atoms with Crippen molar-refractivity contribution in [3.05, 3.63) is 57.7 Å². The lowest BCUT2D eigenvalue weighted by atomic mass is 9.94. The van der Waals surface area contributed by atoms with Gasteiger partial charge < -0.3 is 10.1 Å². The number of pyridine rings is 1. The largest absolute Gasteiger partial charge is 0.495 e. The summed E-state index contributed by atoms with van der Waals surface area (Å²) in [5.41, 5.74) is 3.89. The van der Waals surface area contributed by atoms with Crippen LogP contribution in [0, 0.1) is 0 Å². The number of aryl methyl sites for hydroxylation is 1. The molecule has 1 aliphatic rings. The Kier molecular flexibility index (Phi) is 6.18. The fraction of sp³-hybridized carbons (Fsp3) is 0.273. The van der Waals surface area contributed by atoms with Gasteiger partial charge in [0.2, 0.25) is 5.91 Å². The Morgan fingerprint density at radius 2 is 1.90 bits per heavy atom. The minimum absolute atomic E-state index is 0.118.